The maximum Gasteiger partial charge on any atom is 0.201 e. The van der Waals surface area contributed by atoms with E-state index in [1.165, 1.54) is 25.8 Å². The van der Waals surface area contributed by atoms with Crippen LogP contribution in [0.1, 0.15) is 73.9 Å². The number of aliphatic hydroxyl groups is 3. The number of carbonyl (C=O) groups is 2. The van der Waals surface area contributed by atoms with Crippen molar-refractivity contribution in [3.63, 3.8) is 0 Å². The van der Waals surface area contributed by atoms with E-state index in [4.69, 9.17) is 11.6 Å². The highest BCUT2D eigenvalue weighted by Crippen LogP contribution is 2.52. The van der Waals surface area contributed by atoms with Crippen LogP contribution in [0.4, 0.5) is 0 Å². The molecule has 4 N–H and O–H groups in total. The highest BCUT2D eigenvalue weighted by molar-refractivity contribution is 6.33. The van der Waals surface area contributed by atoms with Gasteiger partial charge in [-0.2, -0.15) is 0 Å². The summed E-state index contributed by atoms with van der Waals surface area (Å²) < 4.78 is 0. The first-order valence-corrected chi connectivity index (χ1v) is 12.8. The third-order valence-electron chi connectivity index (χ3n) is 8.65. The van der Waals surface area contributed by atoms with Crippen molar-refractivity contribution in [2.24, 2.45) is 11.8 Å². The second-order valence-electron chi connectivity index (χ2n) is 10.7. The average molecular weight is 502 g/mol. The molecule has 0 saturated carbocycles. The zero-order valence-corrected chi connectivity index (χ0v) is 20.9. The molecule has 188 valence electrons. The van der Waals surface area contributed by atoms with Crippen LogP contribution in [0, 0.1) is 11.8 Å². The maximum absolute atomic E-state index is 13.6. The van der Waals surface area contributed by atoms with E-state index in [9.17, 15) is 30.0 Å². The van der Waals surface area contributed by atoms with E-state index in [-0.39, 0.29) is 41.1 Å². The second-order valence-corrected chi connectivity index (χ2v) is 11.1. The molecule has 1 aromatic rings. The van der Waals surface area contributed by atoms with Crippen LogP contribution in [-0.4, -0.2) is 55.1 Å². The van der Waals surface area contributed by atoms with Gasteiger partial charge < -0.3 is 20.4 Å². The summed E-state index contributed by atoms with van der Waals surface area (Å²) in [5.74, 6) is -3.61. The van der Waals surface area contributed by atoms with Crippen LogP contribution in [0.3, 0.4) is 0 Å². The normalized spacial score (nSPS) is 31.7. The number of Topliss-reactive ketones (excluding diaryl/α,β-unsaturated/α-hetero) is 2. The number of fused-ring (bicyclic) bond motifs is 3. The smallest absolute Gasteiger partial charge is 0.201 e. The molecule has 0 aromatic heterocycles. The van der Waals surface area contributed by atoms with Crippen LogP contribution in [-0.2, 0) is 17.8 Å². The number of halogens is 1. The van der Waals surface area contributed by atoms with Crippen molar-refractivity contribution in [3.8, 4) is 5.75 Å². The topological polar surface area (TPSA) is 118 Å². The Morgan fingerprint density at radius 1 is 1.14 bits per heavy atom. The molecule has 0 spiro atoms. The molecule has 1 aromatic carbocycles. The number of aromatic hydroxyl groups is 1. The van der Waals surface area contributed by atoms with Gasteiger partial charge in [0.05, 0.1) is 11.3 Å². The van der Waals surface area contributed by atoms with Gasteiger partial charge in [-0.05, 0) is 69.2 Å². The van der Waals surface area contributed by atoms with Gasteiger partial charge in [0.2, 0.25) is 5.78 Å². The Labute approximate surface area is 209 Å². The Kier molecular flexibility index (Phi) is 6.01. The van der Waals surface area contributed by atoms with E-state index in [2.05, 4.69) is 11.8 Å². The van der Waals surface area contributed by atoms with Crippen molar-refractivity contribution in [2.45, 2.75) is 77.0 Å². The van der Waals surface area contributed by atoms with E-state index < -0.39 is 34.8 Å². The summed E-state index contributed by atoms with van der Waals surface area (Å²) in [5.41, 5.74) is -0.981. The molecule has 4 aliphatic rings. The molecular weight excluding hydrogens is 470 g/mol. The van der Waals surface area contributed by atoms with E-state index in [1.54, 1.807) is 0 Å². The number of carbonyl (C=O) groups excluding carboxylic acids is 2. The summed E-state index contributed by atoms with van der Waals surface area (Å²) in [6.07, 6.45) is 5.15. The molecule has 1 saturated heterocycles. The number of rotatable bonds is 2. The summed E-state index contributed by atoms with van der Waals surface area (Å²) in [7, 11) is 0. The second kappa shape index (κ2) is 8.64. The number of likely N-dealkylation sites (tertiary alicyclic amines) is 1. The van der Waals surface area contributed by atoms with Gasteiger partial charge in [0, 0.05) is 41.1 Å². The highest BCUT2D eigenvalue weighted by Gasteiger charge is 2.58. The number of aliphatic hydroxyl groups excluding tert-OH is 2. The van der Waals surface area contributed by atoms with E-state index in [0.717, 1.165) is 24.9 Å². The van der Waals surface area contributed by atoms with E-state index in [1.807, 2.05) is 0 Å². The lowest BCUT2D eigenvalue weighted by atomic mass is 9.60. The number of hydrogen-bond acceptors (Lipinski definition) is 7. The number of ketones is 2. The number of nitrogens with zero attached hydrogens (tertiary/aromatic N) is 1. The molecule has 3 aliphatic carbocycles. The monoisotopic (exact) mass is 501 g/mol. The van der Waals surface area contributed by atoms with Gasteiger partial charge >= 0.3 is 0 Å². The number of allylic oxidation sites excluding steroid dienone is 2. The lowest BCUT2D eigenvalue weighted by Crippen LogP contribution is -2.55. The highest BCUT2D eigenvalue weighted by atomic mass is 35.5. The van der Waals surface area contributed by atoms with Gasteiger partial charge in [0.1, 0.15) is 11.5 Å². The third kappa shape index (κ3) is 3.62. The average Bonchev–Trinajstić information content (AvgIpc) is 3.02. The Balaban J connectivity index is 1.56. The number of phenolic OH excluding ortho intramolecular Hbond substituents is 1. The molecule has 35 heavy (non-hydrogen) atoms. The van der Waals surface area contributed by atoms with Crippen LogP contribution in [0.25, 0.3) is 0 Å². The lowest BCUT2D eigenvalue weighted by molar-refractivity contribution is -0.142. The van der Waals surface area contributed by atoms with E-state index in [0.29, 0.717) is 29.6 Å². The molecule has 0 bridgehead atoms. The fraction of sp³-hybridized carbons (Fsp3) is 0.556. The van der Waals surface area contributed by atoms with Crippen LogP contribution in [0.15, 0.2) is 28.7 Å². The minimum absolute atomic E-state index is 0.0173. The molecule has 1 fully saturated rings. The van der Waals surface area contributed by atoms with Crippen molar-refractivity contribution < 1.29 is 30.0 Å². The van der Waals surface area contributed by atoms with Gasteiger partial charge in [-0.25, -0.2) is 0 Å². The van der Waals surface area contributed by atoms with Crippen LogP contribution in [0.2, 0.25) is 5.02 Å². The lowest BCUT2D eigenvalue weighted by Gasteiger charge is -2.45. The predicted octanol–water partition coefficient (Wildman–Crippen LogP) is 4.53. The van der Waals surface area contributed by atoms with Crippen molar-refractivity contribution in [3.05, 3.63) is 50.4 Å². The summed E-state index contributed by atoms with van der Waals surface area (Å²) in [6.45, 7) is 5.11. The first-order chi connectivity index (χ1) is 16.6. The molecule has 5 rings (SSSR count). The van der Waals surface area contributed by atoms with Gasteiger partial charge in [0.25, 0.3) is 0 Å². The summed E-state index contributed by atoms with van der Waals surface area (Å²) in [6, 6.07) is 1.93. The van der Waals surface area contributed by atoms with Crippen molar-refractivity contribution in [1.29, 1.82) is 0 Å². The maximum atomic E-state index is 13.6. The Bertz CT molecular complexity index is 1190. The van der Waals surface area contributed by atoms with Gasteiger partial charge in [0.15, 0.2) is 11.4 Å². The molecule has 7 nitrogen and oxygen atoms in total. The quantitative estimate of drug-likeness (QED) is 0.470. The van der Waals surface area contributed by atoms with Crippen LogP contribution in [0.5, 0.6) is 5.75 Å². The summed E-state index contributed by atoms with van der Waals surface area (Å²) in [5, 5.41) is 43.9. The summed E-state index contributed by atoms with van der Waals surface area (Å²) in [4.78, 5) is 28.8. The Hall–Kier alpha value is -2.35. The molecule has 1 heterocycles. The first-order valence-electron chi connectivity index (χ1n) is 12.5. The van der Waals surface area contributed by atoms with Crippen molar-refractivity contribution in [1.82, 2.24) is 4.90 Å². The molecule has 8 heteroatoms. The molecule has 1 aliphatic heterocycles. The van der Waals surface area contributed by atoms with Gasteiger partial charge in [-0.1, -0.05) is 24.4 Å². The zero-order valence-electron chi connectivity index (χ0n) is 20.1. The van der Waals surface area contributed by atoms with Crippen LogP contribution < -0.4 is 0 Å². The number of hydrogen-bond donors (Lipinski definition) is 4. The zero-order chi connectivity index (χ0) is 25.2. The molecule has 0 amide bonds. The van der Waals surface area contributed by atoms with Crippen molar-refractivity contribution >= 4 is 23.2 Å². The van der Waals surface area contributed by atoms with Gasteiger partial charge in [-0.15, -0.1) is 0 Å². The van der Waals surface area contributed by atoms with E-state index >= 15 is 0 Å². The van der Waals surface area contributed by atoms with Crippen LogP contribution >= 0.6 is 11.6 Å². The van der Waals surface area contributed by atoms with Gasteiger partial charge in [-0.3, -0.25) is 14.5 Å². The Morgan fingerprint density at radius 3 is 2.63 bits per heavy atom. The minimum Gasteiger partial charge on any atom is -0.512 e. The fourth-order valence-corrected chi connectivity index (χ4v) is 6.80. The SMILES string of the molecule is CC1=C(O)C[C@@H]2C[C@@H]3Cc4c(Cl)c(CN5CCCCCC5C)cc(O)c4C(=O)C3=C(O)[C@]2(O)C1=O. The van der Waals surface area contributed by atoms with Crippen molar-refractivity contribution in [2.75, 3.05) is 6.54 Å². The first kappa shape index (κ1) is 24.3. The molecular formula is C27H32ClNO6. The minimum atomic E-state index is -2.25. The Morgan fingerprint density at radius 2 is 1.89 bits per heavy atom. The predicted molar refractivity (Wildman–Crippen MR) is 131 cm³/mol. The summed E-state index contributed by atoms with van der Waals surface area (Å²) >= 11 is 6.85. The standard InChI is InChI=1S/C27H32ClNO6/c1-13-6-4-3-5-7-29(13)12-16-10-20(31)22-18(23(16)28)9-15-8-17-11-19(30)14(2)25(33)27(17,35)26(34)21(15)24(22)32/h10,13,15,17,30-31,34-35H,3-9,11-12H2,1-2H3/t13?,15-,17+,27-/m1/s1. The fourth-order valence-electron chi connectivity index (χ4n) is 6.52. The molecule has 4 atom stereocenters. The largest absolute Gasteiger partial charge is 0.512 e. The molecule has 1 unspecified atom stereocenters. The number of phenols is 1. The molecule has 0 radical (unpaired) electrons. The number of benzene rings is 1. The third-order valence-corrected chi connectivity index (χ3v) is 9.12.